The average molecular weight is 356 g/mol. The lowest BCUT2D eigenvalue weighted by atomic mass is 9.86. The average Bonchev–Trinajstić information content (AvgIpc) is 2.64. The van der Waals surface area contributed by atoms with E-state index in [1.54, 1.807) is 12.1 Å². The first-order valence-electron chi connectivity index (χ1n) is 8.95. The maximum absolute atomic E-state index is 12.0. The molecule has 3 nitrogen and oxygen atoms in total. The zero-order chi connectivity index (χ0) is 19.2. The SMILES string of the molecule is CC(C)(C)c1ccc(/C=C/c2ccc3c4c(cccc24)C(=O)OC3=O)cc1. The van der Waals surface area contributed by atoms with Crippen LogP contribution in [0.2, 0.25) is 0 Å². The number of carbonyl (C=O) groups excluding carboxylic acids is 2. The molecule has 134 valence electrons. The fourth-order valence-electron chi connectivity index (χ4n) is 3.39. The second kappa shape index (κ2) is 6.20. The topological polar surface area (TPSA) is 43.4 Å². The van der Waals surface area contributed by atoms with E-state index >= 15 is 0 Å². The molecule has 0 fully saturated rings. The predicted molar refractivity (Wildman–Crippen MR) is 108 cm³/mol. The molecule has 0 bridgehead atoms. The van der Waals surface area contributed by atoms with Gasteiger partial charge in [-0.15, -0.1) is 0 Å². The molecule has 3 heteroatoms. The lowest BCUT2D eigenvalue weighted by molar-refractivity contribution is 0.0391. The second-order valence-corrected chi connectivity index (χ2v) is 7.81. The first kappa shape index (κ1) is 17.2. The van der Waals surface area contributed by atoms with Crippen LogP contribution in [0.3, 0.4) is 0 Å². The Labute approximate surface area is 158 Å². The quantitative estimate of drug-likeness (QED) is 0.340. The summed E-state index contributed by atoms with van der Waals surface area (Å²) in [5, 5.41) is 1.54. The van der Waals surface area contributed by atoms with Gasteiger partial charge in [-0.25, -0.2) is 9.59 Å². The Kier molecular flexibility index (Phi) is 3.96. The first-order valence-corrected chi connectivity index (χ1v) is 8.95. The minimum absolute atomic E-state index is 0.125. The van der Waals surface area contributed by atoms with Gasteiger partial charge in [0.1, 0.15) is 0 Å². The van der Waals surface area contributed by atoms with E-state index in [4.69, 9.17) is 4.74 Å². The molecule has 0 aliphatic carbocycles. The molecular weight excluding hydrogens is 336 g/mol. The van der Waals surface area contributed by atoms with Crippen molar-refractivity contribution in [2.45, 2.75) is 26.2 Å². The minimum atomic E-state index is -0.586. The van der Waals surface area contributed by atoms with E-state index in [0.29, 0.717) is 16.5 Å². The Hall–Kier alpha value is -3.20. The highest BCUT2D eigenvalue weighted by Crippen LogP contribution is 2.32. The number of cyclic esters (lactones) is 2. The number of ether oxygens (including phenoxy) is 1. The van der Waals surface area contributed by atoms with Gasteiger partial charge in [0.25, 0.3) is 0 Å². The van der Waals surface area contributed by atoms with Crippen molar-refractivity contribution < 1.29 is 14.3 Å². The molecule has 0 saturated carbocycles. The number of benzene rings is 3. The Morgan fingerprint density at radius 2 is 1.44 bits per heavy atom. The molecule has 3 aromatic rings. The van der Waals surface area contributed by atoms with Crippen molar-refractivity contribution in [2.24, 2.45) is 0 Å². The fraction of sp³-hybridized carbons (Fsp3) is 0.167. The first-order chi connectivity index (χ1) is 12.8. The van der Waals surface area contributed by atoms with Gasteiger partial charge in [-0.1, -0.05) is 75.4 Å². The van der Waals surface area contributed by atoms with Gasteiger partial charge >= 0.3 is 11.9 Å². The van der Waals surface area contributed by atoms with Crippen LogP contribution in [0.15, 0.2) is 54.6 Å². The van der Waals surface area contributed by atoms with Crippen LogP contribution in [0.25, 0.3) is 22.9 Å². The number of esters is 2. The summed E-state index contributed by atoms with van der Waals surface area (Å²) < 4.78 is 4.81. The molecule has 0 saturated heterocycles. The van der Waals surface area contributed by atoms with Crippen molar-refractivity contribution in [3.63, 3.8) is 0 Å². The summed E-state index contributed by atoms with van der Waals surface area (Å²) in [6, 6.07) is 17.5. The molecule has 27 heavy (non-hydrogen) atoms. The van der Waals surface area contributed by atoms with Crippen molar-refractivity contribution in [1.82, 2.24) is 0 Å². The lowest BCUT2D eigenvalue weighted by Crippen LogP contribution is -2.19. The maximum Gasteiger partial charge on any atom is 0.346 e. The van der Waals surface area contributed by atoms with Gasteiger partial charge in [-0.3, -0.25) is 0 Å². The molecule has 1 aliphatic heterocycles. The van der Waals surface area contributed by atoms with Crippen molar-refractivity contribution in [2.75, 3.05) is 0 Å². The van der Waals surface area contributed by atoms with Crippen molar-refractivity contribution in [3.05, 3.63) is 82.4 Å². The fourth-order valence-corrected chi connectivity index (χ4v) is 3.39. The lowest BCUT2D eigenvalue weighted by Gasteiger charge is -2.18. The smallest absolute Gasteiger partial charge is 0.346 e. The van der Waals surface area contributed by atoms with Crippen LogP contribution in [0.1, 0.15) is 58.2 Å². The second-order valence-electron chi connectivity index (χ2n) is 7.81. The standard InChI is InChI=1S/C24H20O3/c1-24(2,3)17-12-8-15(9-13-17)7-10-16-11-14-20-21-18(16)5-4-6-19(21)22(25)27-23(20)26/h4-14H,1-3H3/b10-7+. The van der Waals surface area contributed by atoms with Gasteiger partial charge in [0.2, 0.25) is 0 Å². The highest BCUT2D eigenvalue weighted by atomic mass is 16.6. The Bertz CT molecular complexity index is 1080. The third kappa shape index (κ3) is 3.06. The summed E-state index contributed by atoms with van der Waals surface area (Å²) in [7, 11) is 0. The van der Waals surface area contributed by atoms with Crippen LogP contribution < -0.4 is 0 Å². The molecule has 0 spiro atoms. The summed E-state index contributed by atoms with van der Waals surface area (Å²) in [5.41, 5.74) is 4.34. The summed E-state index contributed by atoms with van der Waals surface area (Å²) >= 11 is 0. The molecule has 0 amide bonds. The van der Waals surface area contributed by atoms with Gasteiger partial charge in [-0.2, -0.15) is 0 Å². The molecule has 3 aromatic carbocycles. The van der Waals surface area contributed by atoms with Crippen LogP contribution in [-0.4, -0.2) is 11.9 Å². The molecule has 1 heterocycles. The van der Waals surface area contributed by atoms with Crippen LogP contribution >= 0.6 is 0 Å². The van der Waals surface area contributed by atoms with Gasteiger partial charge in [0, 0.05) is 5.39 Å². The van der Waals surface area contributed by atoms with Gasteiger partial charge < -0.3 is 4.74 Å². The minimum Gasteiger partial charge on any atom is -0.386 e. The highest BCUT2D eigenvalue weighted by molar-refractivity contribution is 6.21. The predicted octanol–water partition coefficient (Wildman–Crippen LogP) is 5.62. The van der Waals surface area contributed by atoms with E-state index in [2.05, 4.69) is 45.0 Å². The molecule has 0 atom stereocenters. The van der Waals surface area contributed by atoms with Crippen LogP contribution in [-0.2, 0) is 10.2 Å². The molecule has 0 unspecified atom stereocenters. The number of rotatable bonds is 2. The molecular formula is C24H20O3. The number of hydrogen-bond donors (Lipinski definition) is 0. The van der Waals surface area contributed by atoms with E-state index < -0.39 is 11.9 Å². The van der Waals surface area contributed by atoms with Gasteiger partial charge in [0.15, 0.2) is 0 Å². The van der Waals surface area contributed by atoms with E-state index in [-0.39, 0.29) is 5.41 Å². The van der Waals surface area contributed by atoms with E-state index in [9.17, 15) is 9.59 Å². The summed E-state index contributed by atoms with van der Waals surface area (Å²) in [6.45, 7) is 6.58. The van der Waals surface area contributed by atoms with E-state index in [0.717, 1.165) is 16.5 Å². The molecule has 0 N–H and O–H groups in total. The third-order valence-electron chi connectivity index (χ3n) is 4.93. The highest BCUT2D eigenvalue weighted by Gasteiger charge is 2.27. The molecule has 4 rings (SSSR count). The zero-order valence-corrected chi connectivity index (χ0v) is 15.6. The Balaban J connectivity index is 1.76. The zero-order valence-electron chi connectivity index (χ0n) is 15.6. The third-order valence-corrected chi connectivity index (χ3v) is 4.93. The van der Waals surface area contributed by atoms with Gasteiger partial charge in [-0.05, 0) is 39.6 Å². The van der Waals surface area contributed by atoms with Crippen LogP contribution in [0.4, 0.5) is 0 Å². The summed E-state index contributed by atoms with van der Waals surface area (Å²) in [4.78, 5) is 24.0. The van der Waals surface area contributed by atoms with Crippen LogP contribution in [0, 0.1) is 0 Å². The number of hydrogen-bond acceptors (Lipinski definition) is 3. The number of carbonyl (C=O) groups is 2. The molecule has 0 radical (unpaired) electrons. The van der Waals surface area contributed by atoms with E-state index in [1.807, 2.05) is 30.4 Å². The molecule has 1 aliphatic rings. The van der Waals surface area contributed by atoms with Gasteiger partial charge in [0.05, 0.1) is 11.1 Å². The van der Waals surface area contributed by atoms with E-state index in [1.165, 1.54) is 5.56 Å². The Morgan fingerprint density at radius 1 is 0.778 bits per heavy atom. The summed E-state index contributed by atoms with van der Waals surface area (Å²) in [6.07, 6.45) is 4.05. The maximum atomic E-state index is 12.0. The Morgan fingerprint density at radius 3 is 2.11 bits per heavy atom. The monoisotopic (exact) mass is 356 g/mol. The van der Waals surface area contributed by atoms with Crippen molar-refractivity contribution in [1.29, 1.82) is 0 Å². The van der Waals surface area contributed by atoms with Crippen LogP contribution in [0.5, 0.6) is 0 Å². The normalized spacial score (nSPS) is 14.0. The molecule has 0 aromatic heterocycles. The van der Waals surface area contributed by atoms with Crippen molar-refractivity contribution in [3.8, 4) is 0 Å². The summed E-state index contributed by atoms with van der Waals surface area (Å²) in [5.74, 6) is -1.17. The largest absolute Gasteiger partial charge is 0.386 e. The van der Waals surface area contributed by atoms with Crippen molar-refractivity contribution >= 4 is 34.9 Å².